The third kappa shape index (κ3) is 9.03. The Bertz CT molecular complexity index is 3.25. The number of hydrogen-bond donors (Lipinski definition) is 0. The van der Waals surface area contributed by atoms with E-state index >= 15 is 0 Å². The smallest absolute Gasteiger partial charge is 1.00 e. The fraction of sp³-hybridized carbons (Fsp3) is 0. The molecular weight excluding hydrogens is 303 g/mol. The molecule has 0 aromatic carbocycles. The van der Waals surface area contributed by atoms with Crippen molar-refractivity contribution < 1.29 is 68.0 Å². The first-order valence-corrected chi connectivity index (χ1v) is 0. The molecule has 0 unspecified atom stereocenters. The van der Waals surface area contributed by atoms with Gasteiger partial charge in [-0.2, -0.15) is 0 Å². The first-order valence-electron chi connectivity index (χ1n) is 0. The van der Waals surface area contributed by atoms with Crippen LogP contribution in [0.25, 0.3) is 0 Å². The Morgan fingerprint density at radius 3 is 0.500 bits per heavy atom. The molecule has 0 nitrogen and oxygen atoms in total. The molecule has 0 fully saturated rings. The maximum atomic E-state index is 0. The largest absolute Gasteiger partial charge is 3.00 e. The Labute approximate surface area is 67.5 Å². The molecule has 0 rings (SSSR count). The van der Waals surface area contributed by atoms with Gasteiger partial charge < -0.3 is 50.9 Å². The first kappa shape index (κ1) is 38.2. The summed E-state index contributed by atoms with van der Waals surface area (Å²) in [7, 11) is 0. The number of halogens is 3. The Morgan fingerprint density at radius 2 is 0.500 bits per heavy atom. The molecular formula is Br3Cu. The summed E-state index contributed by atoms with van der Waals surface area (Å²) in [6, 6.07) is 0. The fourth-order valence-electron chi connectivity index (χ4n) is 0. The number of rotatable bonds is 0. The van der Waals surface area contributed by atoms with Crippen LogP contribution < -0.4 is 50.9 Å². The van der Waals surface area contributed by atoms with Crippen molar-refractivity contribution in [1.82, 2.24) is 0 Å². The SMILES string of the molecule is [Br-].[Br-].[Br-].[Cu+3]. The zero-order valence-corrected chi connectivity index (χ0v) is 7.14. The van der Waals surface area contributed by atoms with E-state index in [4.69, 9.17) is 0 Å². The van der Waals surface area contributed by atoms with Crippen molar-refractivity contribution >= 4 is 0 Å². The zero-order chi connectivity index (χ0) is 0. The predicted molar refractivity (Wildman–Crippen MR) is 0 cm³/mol. The van der Waals surface area contributed by atoms with E-state index in [-0.39, 0.29) is 68.0 Å². The molecule has 0 heterocycles. The molecule has 4 heteroatoms. The molecule has 0 spiro atoms. The van der Waals surface area contributed by atoms with Gasteiger partial charge in [-0.15, -0.1) is 0 Å². The Hall–Kier alpha value is 1.96. The minimum atomic E-state index is 0. The van der Waals surface area contributed by atoms with Crippen molar-refractivity contribution in [2.45, 2.75) is 0 Å². The molecule has 4 heavy (non-hydrogen) atoms. The van der Waals surface area contributed by atoms with E-state index in [9.17, 15) is 0 Å². The van der Waals surface area contributed by atoms with E-state index in [1.54, 1.807) is 0 Å². The fourth-order valence-corrected chi connectivity index (χ4v) is 0. The molecule has 0 aromatic heterocycles. The van der Waals surface area contributed by atoms with E-state index in [1.165, 1.54) is 0 Å². The topological polar surface area (TPSA) is 0 Å². The summed E-state index contributed by atoms with van der Waals surface area (Å²) in [6.45, 7) is 0. The van der Waals surface area contributed by atoms with Gasteiger partial charge in [0.15, 0.2) is 0 Å². The van der Waals surface area contributed by atoms with Crippen LogP contribution in [0.1, 0.15) is 0 Å². The normalized spacial score (nSPS) is 0. The average Bonchev–Trinajstić information content (AvgIpc) is 0. The van der Waals surface area contributed by atoms with Crippen molar-refractivity contribution in [1.29, 1.82) is 0 Å². The summed E-state index contributed by atoms with van der Waals surface area (Å²) in [4.78, 5) is 0. The summed E-state index contributed by atoms with van der Waals surface area (Å²) in [6.07, 6.45) is 0. The van der Waals surface area contributed by atoms with Crippen molar-refractivity contribution in [2.75, 3.05) is 0 Å². The average molecular weight is 303 g/mol. The van der Waals surface area contributed by atoms with Gasteiger partial charge in [0, 0.05) is 0 Å². The van der Waals surface area contributed by atoms with Crippen molar-refractivity contribution in [3.05, 3.63) is 0 Å². The van der Waals surface area contributed by atoms with Crippen LogP contribution in [0.3, 0.4) is 0 Å². The second-order valence-corrected chi connectivity index (χ2v) is 0. The first-order chi connectivity index (χ1) is 0. The van der Waals surface area contributed by atoms with Gasteiger partial charge in [-0.25, -0.2) is 0 Å². The monoisotopic (exact) mass is 300 g/mol. The van der Waals surface area contributed by atoms with Crippen LogP contribution in [-0.4, -0.2) is 0 Å². The van der Waals surface area contributed by atoms with Gasteiger partial charge in [0.1, 0.15) is 0 Å². The third-order valence-electron chi connectivity index (χ3n) is 0. The van der Waals surface area contributed by atoms with Crippen LogP contribution in [0.15, 0.2) is 0 Å². The second-order valence-electron chi connectivity index (χ2n) is 0. The molecule has 0 bridgehead atoms. The standard InChI is InChI=1S/3BrH.Cu/h3*1H;/q;;;+3/p-3. The van der Waals surface area contributed by atoms with Crippen LogP contribution in [0, 0.1) is 0 Å². The molecule has 0 N–H and O–H groups in total. The molecule has 32 valence electrons. The van der Waals surface area contributed by atoms with E-state index in [0.717, 1.165) is 0 Å². The second kappa shape index (κ2) is 20.3. The molecule has 0 aliphatic rings. The molecule has 0 aliphatic carbocycles. The molecule has 0 saturated heterocycles. The molecule has 0 amide bonds. The van der Waals surface area contributed by atoms with Crippen molar-refractivity contribution in [2.24, 2.45) is 0 Å². The Balaban J connectivity index is 0. The molecule has 0 aliphatic heterocycles. The van der Waals surface area contributed by atoms with Gasteiger partial charge in [-0.1, -0.05) is 0 Å². The van der Waals surface area contributed by atoms with Gasteiger partial charge >= 0.3 is 17.1 Å². The summed E-state index contributed by atoms with van der Waals surface area (Å²) in [5.41, 5.74) is 0. The summed E-state index contributed by atoms with van der Waals surface area (Å²) in [5.74, 6) is 0. The Morgan fingerprint density at radius 1 is 0.500 bits per heavy atom. The van der Waals surface area contributed by atoms with Gasteiger partial charge in [0.05, 0.1) is 0 Å². The van der Waals surface area contributed by atoms with Crippen LogP contribution in [0.5, 0.6) is 0 Å². The third-order valence-corrected chi connectivity index (χ3v) is 0. The van der Waals surface area contributed by atoms with E-state index in [1.807, 2.05) is 0 Å². The van der Waals surface area contributed by atoms with E-state index in [0.29, 0.717) is 0 Å². The van der Waals surface area contributed by atoms with E-state index in [2.05, 4.69) is 0 Å². The number of hydrogen-bond acceptors (Lipinski definition) is 0. The Kier molecular flexibility index (Phi) is 193. The summed E-state index contributed by atoms with van der Waals surface area (Å²) >= 11 is 0. The molecule has 0 radical (unpaired) electrons. The van der Waals surface area contributed by atoms with Gasteiger partial charge in [-0.3, -0.25) is 0 Å². The van der Waals surface area contributed by atoms with Gasteiger partial charge in [0.25, 0.3) is 0 Å². The molecule has 0 atom stereocenters. The van der Waals surface area contributed by atoms with Crippen LogP contribution in [-0.2, 0) is 17.1 Å². The van der Waals surface area contributed by atoms with Crippen LogP contribution in [0.2, 0.25) is 0 Å². The molecule has 0 aromatic rings. The van der Waals surface area contributed by atoms with Gasteiger partial charge in [0.2, 0.25) is 0 Å². The minimum Gasteiger partial charge on any atom is -1.00 e. The summed E-state index contributed by atoms with van der Waals surface area (Å²) in [5, 5.41) is 0. The van der Waals surface area contributed by atoms with Crippen LogP contribution >= 0.6 is 0 Å². The van der Waals surface area contributed by atoms with Crippen LogP contribution in [0.4, 0.5) is 0 Å². The van der Waals surface area contributed by atoms with Crippen molar-refractivity contribution in [3.8, 4) is 0 Å². The zero-order valence-electron chi connectivity index (χ0n) is 1.44. The van der Waals surface area contributed by atoms with Crippen molar-refractivity contribution in [3.63, 3.8) is 0 Å². The quantitative estimate of drug-likeness (QED) is 0.390. The summed E-state index contributed by atoms with van der Waals surface area (Å²) < 4.78 is 0. The maximum Gasteiger partial charge on any atom is 3.00 e. The maximum absolute atomic E-state index is 0. The molecule has 0 saturated carbocycles. The predicted octanol–water partition coefficient (Wildman–Crippen LogP) is -8.99. The van der Waals surface area contributed by atoms with Gasteiger partial charge in [-0.05, 0) is 0 Å². The minimum absolute atomic E-state index is 0. The van der Waals surface area contributed by atoms with E-state index < -0.39 is 0 Å².